The van der Waals surface area contributed by atoms with E-state index < -0.39 is 0 Å². The zero-order valence-electron chi connectivity index (χ0n) is 16.5. The molecule has 0 aliphatic carbocycles. The van der Waals surface area contributed by atoms with Crippen LogP contribution in [0, 0.1) is 0 Å². The molecule has 4 rings (SSSR count). The van der Waals surface area contributed by atoms with Crippen LogP contribution in [0.25, 0.3) is 0 Å². The first-order valence-electron chi connectivity index (χ1n) is 9.49. The van der Waals surface area contributed by atoms with Crippen molar-refractivity contribution < 1.29 is 14.3 Å². The summed E-state index contributed by atoms with van der Waals surface area (Å²) in [5, 5.41) is 2.87. The molecule has 3 aromatic rings. The average molecular weight is 389 g/mol. The van der Waals surface area contributed by atoms with Gasteiger partial charge in [-0.05, 0) is 41.8 Å². The fourth-order valence-electron chi connectivity index (χ4n) is 3.52. The second-order valence-electron chi connectivity index (χ2n) is 6.87. The van der Waals surface area contributed by atoms with Crippen molar-refractivity contribution in [3.05, 3.63) is 77.5 Å². The predicted molar refractivity (Wildman–Crippen MR) is 113 cm³/mol. The first kappa shape index (κ1) is 18.8. The van der Waals surface area contributed by atoms with Gasteiger partial charge in [0, 0.05) is 31.0 Å². The van der Waals surface area contributed by atoms with Crippen LogP contribution >= 0.6 is 0 Å². The molecule has 0 unspecified atom stereocenters. The Kier molecular flexibility index (Phi) is 5.33. The Labute approximate surface area is 170 Å². The molecule has 29 heavy (non-hydrogen) atoms. The van der Waals surface area contributed by atoms with Crippen molar-refractivity contribution in [2.24, 2.45) is 0 Å². The number of hydrogen-bond acceptors (Lipinski definition) is 5. The molecular weight excluding hydrogens is 366 g/mol. The lowest BCUT2D eigenvalue weighted by molar-refractivity contribution is 0.102. The van der Waals surface area contributed by atoms with Crippen LogP contribution in [0.5, 0.6) is 11.5 Å². The largest absolute Gasteiger partial charge is 0.493 e. The maximum Gasteiger partial charge on any atom is 0.257 e. The normalized spacial score (nSPS) is 12.8. The molecule has 1 aromatic heterocycles. The summed E-state index contributed by atoms with van der Waals surface area (Å²) in [5.74, 6) is 1.83. The van der Waals surface area contributed by atoms with Crippen LogP contribution in [0.1, 0.15) is 21.5 Å². The molecule has 1 amide bonds. The highest BCUT2D eigenvalue weighted by molar-refractivity contribution is 6.04. The summed E-state index contributed by atoms with van der Waals surface area (Å²) in [6.45, 7) is 1.75. The second-order valence-corrected chi connectivity index (χ2v) is 6.87. The van der Waals surface area contributed by atoms with E-state index in [2.05, 4.69) is 39.5 Å². The maximum absolute atomic E-state index is 12.6. The minimum Gasteiger partial charge on any atom is -0.493 e. The van der Waals surface area contributed by atoms with E-state index in [-0.39, 0.29) is 5.91 Å². The van der Waals surface area contributed by atoms with Gasteiger partial charge in [0.15, 0.2) is 11.5 Å². The SMILES string of the molecule is COc1ccc(NC(=O)c2ccc(N3CCc4ccccc4C3)nc2)cc1OC. The molecule has 148 valence electrons. The number of hydrogen-bond donors (Lipinski definition) is 1. The first-order valence-corrected chi connectivity index (χ1v) is 9.49. The number of ether oxygens (including phenoxy) is 2. The molecule has 2 heterocycles. The number of carbonyl (C=O) groups is 1. The molecule has 0 bridgehead atoms. The zero-order chi connectivity index (χ0) is 20.2. The number of amides is 1. The Morgan fingerprint density at radius 1 is 1.00 bits per heavy atom. The minimum atomic E-state index is -0.222. The summed E-state index contributed by atoms with van der Waals surface area (Å²) in [6, 6.07) is 17.4. The molecule has 1 aliphatic heterocycles. The molecule has 0 atom stereocenters. The van der Waals surface area contributed by atoms with E-state index in [1.54, 1.807) is 44.7 Å². The van der Waals surface area contributed by atoms with Crippen LogP contribution in [-0.4, -0.2) is 31.7 Å². The van der Waals surface area contributed by atoms with Gasteiger partial charge in [-0.1, -0.05) is 24.3 Å². The van der Waals surface area contributed by atoms with Crippen LogP contribution in [0.4, 0.5) is 11.5 Å². The van der Waals surface area contributed by atoms with Crippen molar-refractivity contribution in [1.82, 2.24) is 4.98 Å². The van der Waals surface area contributed by atoms with Gasteiger partial charge in [0.1, 0.15) is 5.82 Å². The molecule has 0 saturated carbocycles. The van der Waals surface area contributed by atoms with Crippen LogP contribution in [0.2, 0.25) is 0 Å². The molecule has 0 spiro atoms. The number of rotatable bonds is 5. The first-order chi connectivity index (χ1) is 14.2. The number of methoxy groups -OCH3 is 2. The molecule has 2 aromatic carbocycles. The van der Waals surface area contributed by atoms with Gasteiger partial charge in [-0.25, -0.2) is 4.98 Å². The molecular formula is C23H23N3O3. The van der Waals surface area contributed by atoms with Gasteiger partial charge in [-0.15, -0.1) is 0 Å². The summed E-state index contributed by atoms with van der Waals surface area (Å²) >= 11 is 0. The number of anilines is 2. The van der Waals surface area contributed by atoms with Crippen molar-refractivity contribution in [3.63, 3.8) is 0 Å². The minimum absolute atomic E-state index is 0.222. The fourth-order valence-corrected chi connectivity index (χ4v) is 3.52. The Morgan fingerprint density at radius 3 is 2.52 bits per heavy atom. The van der Waals surface area contributed by atoms with Crippen molar-refractivity contribution >= 4 is 17.4 Å². The Morgan fingerprint density at radius 2 is 1.79 bits per heavy atom. The molecule has 1 N–H and O–H groups in total. The lowest BCUT2D eigenvalue weighted by Gasteiger charge is -2.29. The molecule has 0 radical (unpaired) electrons. The number of benzene rings is 2. The Balaban J connectivity index is 1.45. The smallest absolute Gasteiger partial charge is 0.257 e. The van der Waals surface area contributed by atoms with Crippen LogP contribution in [0.15, 0.2) is 60.8 Å². The second kappa shape index (κ2) is 8.22. The third-order valence-electron chi connectivity index (χ3n) is 5.11. The molecule has 1 aliphatic rings. The van der Waals surface area contributed by atoms with E-state index in [9.17, 15) is 4.79 Å². The summed E-state index contributed by atoms with van der Waals surface area (Å²) in [4.78, 5) is 19.3. The maximum atomic E-state index is 12.6. The van der Waals surface area contributed by atoms with Crippen LogP contribution in [-0.2, 0) is 13.0 Å². The van der Waals surface area contributed by atoms with Gasteiger partial charge in [-0.2, -0.15) is 0 Å². The topological polar surface area (TPSA) is 63.7 Å². The predicted octanol–water partition coefficient (Wildman–Crippen LogP) is 3.91. The van der Waals surface area contributed by atoms with Crippen LogP contribution in [0.3, 0.4) is 0 Å². The summed E-state index contributed by atoms with van der Waals surface area (Å²) in [7, 11) is 3.13. The van der Waals surface area contributed by atoms with E-state index in [0.29, 0.717) is 22.7 Å². The zero-order valence-corrected chi connectivity index (χ0v) is 16.5. The number of fused-ring (bicyclic) bond motifs is 1. The number of nitrogens with one attached hydrogen (secondary N) is 1. The lowest BCUT2D eigenvalue weighted by Crippen LogP contribution is -2.31. The summed E-state index contributed by atoms with van der Waals surface area (Å²) < 4.78 is 10.5. The molecule has 6 heteroatoms. The highest BCUT2D eigenvalue weighted by Gasteiger charge is 2.17. The Hall–Kier alpha value is -3.54. The van der Waals surface area contributed by atoms with Gasteiger partial charge in [0.05, 0.1) is 19.8 Å². The molecule has 0 saturated heterocycles. The van der Waals surface area contributed by atoms with Gasteiger partial charge < -0.3 is 19.7 Å². The van der Waals surface area contributed by atoms with Crippen molar-refractivity contribution in [2.45, 2.75) is 13.0 Å². The average Bonchev–Trinajstić information content (AvgIpc) is 2.78. The summed E-state index contributed by atoms with van der Waals surface area (Å²) in [6.07, 6.45) is 2.62. The van der Waals surface area contributed by atoms with E-state index >= 15 is 0 Å². The van der Waals surface area contributed by atoms with E-state index in [1.165, 1.54) is 11.1 Å². The highest BCUT2D eigenvalue weighted by Crippen LogP contribution is 2.30. The third kappa shape index (κ3) is 4.01. The van der Waals surface area contributed by atoms with Gasteiger partial charge in [0.2, 0.25) is 0 Å². The fraction of sp³-hybridized carbons (Fsp3) is 0.217. The van der Waals surface area contributed by atoms with Crippen molar-refractivity contribution in [1.29, 1.82) is 0 Å². The number of aromatic nitrogens is 1. The van der Waals surface area contributed by atoms with E-state index in [4.69, 9.17) is 9.47 Å². The monoisotopic (exact) mass is 389 g/mol. The quantitative estimate of drug-likeness (QED) is 0.717. The Bertz CT molecular complexity index is 1020. The number of carbonyl (C=O) groups excluding carboxylic acids is 1. The van der Waals surface area contributed by atoms with Gasteiger partial charge >= 0.3 is 0 Å². The summed E-state index contributed by atoms with van der Waals surface area (Å²) in [5.41, 5.74) is 3.86. The molecule has 6 nitrogen and oxygen atoms in total. The third-order valence-corrected chi connectivity index (χ3v) is 5.11. The van der Waals surface area contributed by atoms with Crippen molar-refractivity contribution in [2.75, 3.05) is 31.0 Å². The lowest BCUT2D eigenvalue weighted by atomic mass is 10.00. The van der Waals surface area contributed by atoms with Gasteiger partial charge in [0.25, 0.3) is 5.91 Å². The van der Waals surface area contributed by atoms with Gasteiger partial charge in [-0.3, -0.25) is 4.79 Å². The standard InChI is InChI=1S/C23H23N3O3/c1-28-20-9-8-19(13-21(20)29-2)25-23(27)17-7-10-22(24-14-17)26-12-11-16-5-3-4-6-18(16)15-26/h3-10,13-14H,11-12,15H2,1-2H3,(H,25,27). The highest BCUT2D eigenvalue weighted by atomic mass is 16.5. The number of pyridine rings is 1. The van der Waals surface area contributed by atoms with Crippen LogP contribution < -0.4 is 19.7 Å². The molecule has 0 fully saturated rings. The van der Waals surface area contributed by atoms with Crippen molar-refractivity contribution in [3.8, 4) is 11.5 Å². The van der Waals surface area contributed by atoms with E-state index in [0.717, 1.165) is 25.3 Å². The number of nitrogens with zero attached hydrogens (tertiary/aromatic N) is 2. The van der Waals surface area contributed by atoms with E-state index in [1.807, 2.05) is 6.07 Å².